The van der Waals surface area contributed by atoms with Gasteiger partial charge in [0.25, 0.3) is 5.91 Å². The summed E-state index contributed by atoms with van der Waals surface area (Å²) in [6.45, 7) is -0.426. The van der Waals surface area contributed by atoms with Gasteiger partial charge in [-0.1, -0.05) is 11.2 Å². The van der Waals surface area contributed by atoms with E-state index in [4.69, 9.17) is 10.9 Å². The fourth-order valence-electron chi connectivity index (χ4n) is 1.23. The van der Waals surface area contributed by atoms with Crippen LogP contribution in [0.2, 0.25) is 0 Å². The summed E-state index contributed by atoms with van der Waals surface area (Å²) in [6.07, 6.45) is -4.90. The number of alkyl halides is 3. The number of benzene rings is 1. The number of carbonyl (C=O) groups excluding carboxylic acids is 1. The molecule has 0 bridgehead atoms. The average Bonchev–Trinajstić information content (AvgIpc) is 2.34. The second-order valence-electron chi connectivity index (χ2n) is 3.44. The maximum Gasteiger partial charge on any atom is 0.419 e. The van der Waals surface area contributed by atoms with Gasteiger partial charge in [-0.05, 0) is 12.1 Å². The molecule has 4 N–H and O–H groups in total. The molecule has 0 aromatic heterocycles. The average molecular weight is 279 g/mol. The number of halogens is 4. The molecular formula is C10H9F4N3O2. The van der Waals surface area contributed by atoms with Gasteiger partial charge in [0.1, 0.15) is 5.82 Å². The third-order valence-corrected chi connectivity index (χ3v) is 2.11. The number of amidine groups is 1. The Kier molecular flexibility index (Phi) is 4.30. The van der Waals surface area contributed by atoms with Crippen LogP contribution in [0.25, 0.3) is 0 Å². The van der Waals surface area contributed by atoms with Crippen molar-refractivity contribution in [1.29, 1.82) is 0 Å². The van der Waals surface area contributed by atoms with Crippen molar-refractivity contribution in [3.8, 4) is 0 Å². The minimum Gasteiger partial charge on any atom is -0.409 e. The van der Waals surface area contributed by atoms with E-state index in [-0.39, 0.29) is 5.84 Å². The highest BCUT2D eigenvalue weighted by Crippen LogP contribution is 2.32. The molecule has 0 spiro atoms. The summed E-state index contributed by atoms with van der Waals surface area (Å²) in [5.41, 5.74) is 2.73. The van der Waals surface area contributed by atoms with E-state index >= 15 is 0 Å². The lowest BCUT2D eigenvalue weighted by atomic mass is 10.1. The predicted molar refractivity (Wildman–Crippen MR) is 57.1 cm³/mol. The molecule has 0 unspecified atom stereocenters. The standard InChI is InChI=1S/C10H9F4N3O2/c11-8-5(9(18)16-4-7(15)17-19)2-1-3-6(8)10(12,13)14/h1-3,19H,4H2,(H2,15,17)(H,16,18). The highest BCUT2D eigenvalue weighted by molar-refractivity contribution is 5.97. The largest absolute Gasteiger partial charge is 0.419 e. The summed E-state index contributed by atoms with van der Waals surface area (Å²) in [4.78, 5) is 11.5. The van der Waals surface area contributed by atoms with E-state index in [0.717, 1.165) is 12.1 Å². The highest BCUT2D eigenvalue weighted by atomic mass is 19.4. The number of oxime groups is 1. The molecule has 1 amide bonds. The van der Waals surface area contributed by atoms with E-state index in [2.05, 4.69) is 5.16 Å². The van der Waals surface area contributed by atoms with Gasteiger partial charge in [-0.25, -0.2) is 4.39 Å². The van der Waals surface area contributed by atoms with Crippen LogP contribution in [0.5, 0.6) is 0 Å². The summed E-state index contributed by atoms with van der Waals surface area (Å²) >= 11 is 0. The van der Waals surface area contributed by atoms with Crippen molar-refractivity contribution in [3.05, 3.63) is 35.1 Å². The highest BCUT2D eigenvalue weighted by Gasteiger charge is 2.35. The second kappa shape index (κ2) is 5.55. The maximum atomic E-state index is 13.5. The fourth-order valence-corrected chi connectivity index (χ4v) is 1.23. The first-order chi connectivity index (χ1) is 8.77. The fraction of sp³-hybridized carbons (Fsp3) is 0.200. The zero-order valence-electron chi connectivity index (χ0n) is 9.33. The minimum absolute atomic E-state index is 0.374. The number of nitrogens with two attached hydrogens (primary N) is 1. The smallest absolute Gasteiger partial charge is 0.409 e. The van der Waals surface area contributed by atoms with Crippen LogP contribution in [0, 0.1) is 5.82 Å². The normalized spacial score (nSPS) is 12.3. The number of nitrogens with one attached hydrogen (secondary N) is 1. The molecule has 0 aliphatic carbocycles. The Bertz CT molecular complexity index is 514. The molecule has 0 fully saturated rings. The lowest BCUT2D eigenvalue weighted by molar-refractivity contribution is -0.140. The van der Waals surface area contributed by atoms with E-state index in [1.54, 1.807) is 0 Å². The van der Waals surface area contributed by atoms with Crippen molar-refractivity contribution in [1.82, 2.24) is 5.32 Å². The summed E-state index contributed by atoms with van der Waals surface area (Å²) in [5, 5.41) is 12.8. The van der Waals surface area contributed by atoms with Crippen LogP contribution < -0.4 is 11.1 Å². The maximum absolute atomic E-state index is 13.5. The van der Waals surface area contributed by atoms with Gasteiger partial charge in [-0.3, -0.25) is 4.79 Å². The Labute approximate surface area is 104 Å². The molecule has 1 aromatic carbocycles. The monoisotopic (exact) mass is 279 g/mol. The van der Waals surface area contributed by atoms with Gasteiger partial charge in [-0.2, -0.15) is 13.2 Å². The van der Waals surface area contributed by atoms with Gasteiger partial charge in [0.2, 0.25) is 0 Å². The number of rotatable bonds is 3. The summed E-state index contributed by atoms with van der Waals surface area (Å²) < 4.78 is 50.8. The Morgan fingerprint density at radius 1 is 1.42 bits per heavy atom. The number of hydrogen-bond donors (Lipinski definition) is 3. The predicted octanol–water partition coefficient (Wildman–Crippen LogP) is 1.32. The van der Waals surface area contributed by atoms with Crippen LogP contribution in [-0.2, 0) is 6.18 Å². The third-order valence-electron chi connectivity index (χ3n) is 2.11. The molecule has 19 heavy (non-hydrogen) atoms. The SMILES string of the molecule is NC(CNC(=O)c1cccc(C(F)(F)F)c1F)=NO. The van der Waals surface area contributed by atoms with Crippen LogP contribution in [0.1, 0.15) is 15.9 Å². The molecule has 0 aliphatic rings. The number of amides is 1. The first kappa shape index (κ1) is 14.7. The Hall–Kier alpha value is -2.32. The van der Waals surface area contributed by atoms with E-state index < -0.39 is 35.6 Å². The Morgan fingerprint density at radius 3 is 2.58 bits per heavy atom. The van der Waals surface area contributed by atoms with Gasteiger partial charge in [0.15, 0.2) is 5.84 Å². The molecule has 0 heterocycles. The van der Waals surface area contributed by atoms with Crippen LogP contribution >= 0.6 is 0 Å². The van der Waals surface area contributed by atoms with Crippen molar-refractivity contribution < 1.29 is 27.6 Å². The van der Waals surface area contributed by atoms with Gasteiger partial charge in [-0.15, -0.1) is 0 Å². The number of nitrogens with zero attached hydrogens (tertiary/aromatic N) is 1. The van der Waals surface area contributed by atoms with Gasteiger partial charge >= 0.3 is 6.18 Å². The Morgan fingerprint density at radius 2 is 2.05 bits per heavy atom. The molecular weight excluding hydrogens is 270 g/mol. The molecule has 5 nitrogen and oxygen atoms in total. The van der Waals surface area contributed by atoms with Crippen molar-refractivity contribution in [2.75, 3.05) is 6.54 Å². The summed E-state index contributed by atoms with van der Waals surface area (Å²) in [7, 11) is 0. The van der Waals surface area contributed by atoms with Crippen LogP contribution in [0.4, 0.5) is 17.6 Å². The van der Waals surface area contributed by atoms with Gasteiger partial charge in [0.05, 0.1) is 17.7 Å². The van der Waals surface area contributed by atoms with Crippen LogP contribution in [0.15, 0.2) is 23.4 Å². The van der Waals surface area contributed by atoms with E-state index in [9.17, 15) is 22.4 Å². The molecule has 0 saturated heterocycles. The van der Waals surface area contributed by atoms with E-state index in [1.807, 2.05) is 5.32 Å². The van der Waals surface area contributed by atoms with Crippen molar-refractivity contribution >= 4 is 11.7 Å². The van der Waals surface area contributed by atoms with Crippen molar-refractivity contribution in [2.45, 2.75) is 6.18 Å². The molecule has 0 atom stereocenters. The van der Waals surface area contributed by atoms with Crippen LogP contribution in [-0.4, -0.2) is 23.5 Å². The molecule has 0 aliphatic heterocycles. The first-order valence-corrected chi connectivity index (χ1v) is 4.87. The molecule has 9 heteroatoms. The van der Waals surface area contributed by atoms with E-state index in [0.29, 0.717) is 6.07 Å². The molecule has 1 rings (SSSR count). The first-order valence-electron chi connectivity index (χ1n) is 4.87. The second-order valence-corrected chi connectivity index (χ2v) is 3.44. The number of hydrogen-bond acceptors (Lipinski definition) is 3. The number of carbonyl (C=O) groups is 1. The quantitative estimate of drug-likeness (QED) is 0.256. The summed E-state index contributed by atoms with van der Waals surface area (Å²) in [5.74, 6) is -3.15. The molecule has 0 radical (unpaired) electrons. The van der Waals surface area contributed by atoms with Crippen molar-refractivity contribution in [3.63, 3.8) is 0 Å². The molecule has 0 saturated carbocycles. The molecule has 1 aromatic rings. The Balaban J connectivity index is 2.99. The topological polar surface area (TPSA) is 87.7 Å². The van der Waals surface area contributed by atoms with E-state index in [1.165, 1.54) is 0 Å². The lowest BCUT2D eigenvalue weighted by Gasteiger charge is -2.11. The minimum atomic E-state index is -4.90. The van der Waals surface area contributed by atoms with Crippen molar-refractivity contribution in [2.24, 2.45) is 10.9 Å². The van der Waals surface area contributed by atoms with Gasteiger partial charge in [0, 0.05) is 0 Å². The zero-order valence-corrected chi connectivity index (χ0v) is 9.33. The molecule has 104 valence electrons. The zero-order chi connectivity index (χ0) is 14.6. The van der Waals surface area contributed by atoms with Gasteiger partial charge < -0.3 is 16.3 Å². The van der Waals surface area contributed by atoms with Crippen LogP contribution in [0.3, 0.4) is 0 Å². The lowest BCUT2D eigenvalue weighted by Crippen LogP contribution is -2.34. The third kappa shape index (κ3) is 3.57. The summed E-state index contributed by atoms with van der Waals surface area (Å²) in [6, 6.07) is 2.33.